The predicted octanol–water partition coefficient (Wildman–Crippen LogP) is 2.73. The van der Waals surface area contributed by atoms with E-state index in [1.807, 2.05) is 29.8 Å². The van der Waals surface area contributed by atoms with Gasteiger partial charge < -0.3 is 10.2 Å². The Bertz CT molecular complexity index is 1540. The molecule has 38 heavy (non-hydrogen) atoms. The summed E-state index contributed by atoms with van der Waals surface area (Å²) in [5.74, 6) is 1.84. The van der Waals surface area contributed by atoms with Gasteiger partial charge >= 0.3 is 0 Å². The molecule has 4 heterocycles. The second-order valence-electron chi connectivity index (χ2n) is 9.02. The topological polar surface area (TPSA) is 148 Å². The highest BCUT2D eigenvalue weighted by Crippen LogP contribution is 2.24. The van der Waals surface area contributed by atoms with Crippen LogP contribution >= 0.6 is 0 Å². The van der Waals surface area contributed by atoms with Crippen LogP contribution in [0.5, 0.6) is 0 Å². The third kappa shape index (κ3) is 5.62. The summed E-state index contributed by atoms with van der Waals surface area (Å²) >= 11 is 0. The van der Waals surface area contributed by atoms with Gasteiger partial charge in [-0.15, -0.1) is 10.2 Å². The molecule has 0 saturated carbocycles. The van der Waals surface area contributed by atoms with E-state index in [-0.39, 0.29) is 22.7 Å². The van der Waals surface area contributed by atoms with E-state index in [4.69, 9.17) is 0 Å². The highest BCUT2D eigenvalue weighted by Gasteiger charge is 2.27. The number of piperidine rings is 1. The van der Waals surface area contributed by atoms with E-state index in [9.17, 15) is 13.2 Å². The molecular weight excluding hydrogens is 506 g/mol. The standard InChI is InChI=1S/C25H27N9O3S/c1-17-11-12-27-25(28-17)32-38(36,37)21-7-5-20(6-8-21)29-24(35)19-4-3-14-33(16-19)22-9-10-23(31-30-22)34-15-13-26-18(34)2/h5-13,15,19H,3-4,14,16H2,1-2H3,(H,29,35)(H,27,28,32). The van der Waals surface area contributed by atoms with Gasteiger partial charge in [-0.3, -0.25) is 9.36 Å². The van der Waals surface area contributed by atoms with Gasteiger partial charge in [-0.05, 0) is 69.2 Å². The summed E-state index contributed by atoms with van der Waals surface area (Å²) in [5, 5.41) is 11.6. The molecule has 1 amide bonds. The lowest BCUT2D eigenvalue weighted by Crippen LogP contribution is -2.41. The second kappa shape index (κ2) is 10.5. The first-order chi connectivity index (χ1) is 18.3. The highest BCUT2D eigenvalue weighted by molar-refractivity contribution is 7.92. The predicted molar refractivity (Wildman–Crippen MR) is 141 cm³/mol. The summed E-state index contributed by atoms with van der Waals surface area (Å²) in [6, 6.07) is 11.4. The Hall–Kier alpha value is -4.39. The molecule has 13 heteroatoms. The maximum absolute atomic E-state index is 13.0. The van der Waals surface area contributed by atoms with Crippen molar-refractivity contribution in [3.63, 3.8) is 0 Å². The van der Waals surface area contributed by atoms with Crippen molar-refractivity contribution >= 4 is 33.4 Å². The molecule has 1 aliphatic rings. The molecule has 1 fully saturated rings. The molecule has 1 aliphatic heterocycles. The van der Waals surface area contributed by atoms with Crippen molar-refractivity contribution in [1.82, 2.24) is 29.7 Å². The van der Waals surface area contributed by atoms with Crippen LogP contribution in [0.15, 0.2) is 66.0 Å². The molecular formula is C25H27N9O3S. The van der Waals surface area contributed by atoms with Gasteiger partial charge in [-0.2, -0.15) is 0 Å². The third-order valence-electron chi connectivity index (χ3n) is 6.28. The quantitative estimate of drug-likeness (QED) is 0.366. The lowest BCUT2D eigenvalue weighted by molar-refractivity contribution is -0.120. The minimum atomic E-state index is -3.87. The van der Waals surface area contributed by atoms with E-state index in [0.717, 1.165) is 25.2 Å². The molecule has 1 atom stereocenters. The number of carbonyl (C=O) groups is 1. The number of hydrogen-bond acceptors (Lipinski definition) is 9. The fourth-order valence-corrected chi connectivity index (χ4v) is 5.22. The van der Waals surface area contributed by atoms with Crippen LogP contribution in [0.2, 0.25) is 0 Å². The summed E-state index contributed by atoms with van der Waals surface area (Å²) in [6.45, 7) is 4.94. The molecule has 4 aromatic rings. The van der Waals surface area contributed by atoms with Gasteiger partial charge in [0.15, 0.2) is 11.6 Å². The molecule has 1 unspecified atom stereocenters. The van der Waals surface area contributed by atoms with Gasteiger partial charge in [-0.1, -0.05) is 0 Å². The van der Waals surface area contributed by atoms with E-state index < -0.39 is 10.0 Å². The molecule has 2 N–H and O–H groups in total. The zero-order chi connectivity index (χ0) is 26.7. The van der Waals surface area contributed by atoms with Crippen LogP contribution in [0.25, 0.3) is 5.82 Å². The number of rotatable bonds is 7. The lowest BCUT2D eigenvalue weighted by Gasteiger charge is -2.32. The van der Waals surface area contributed by atoms with Crippen molar-refractivity contribution in [3.05, 3.63) is 72.6 Å². The first-order valence-corrected chi connectivity index (χ1v) is 13.6. The van der Waals surface area contributed by atoms with Crippen LogP contribution in [0.3, 0.4) is 0 Å². The van der Waals surface area contributed by atoms with Crippen LogP contribution in [-0.4, -0.2) is 57.1 Å². The Morgan fingerprint density at radius 3 is 2.42 bits per heavy atom. The number of hydrogen-bond donors (Lipinski definition) is 2. The molecule has 0 radical (unpaired) electrons. The molecule has 5 rings (SSSR count). The third-order valence-corrected chi connectivity index (χ3v) is 7.62. The number of sulfonamides is 1. The zero-order valence-corrected chi connectivity index (χ0v) is 21.8. The number of aryl methyl sites for hydroxylation is 2. The van der Waals surface area contributed by atoms with E-state index in [0.29, 0.717) is 29.6 Å². The maximum atomic E-state index is 13.0. The number of nitrogens with one attached hydrogen (secondary N) is 2. The SMILES string of the molecule is Cc1ccnc(NS(=O)(=O)c2ccc(NC(=O)C3CCCN(c4ccc(-n5ccnc5C)nn4)C3)cc2)n1. The van der Waals surface area contributed by atoms with Crippen LogP contribution in [0, 0.1) is 19.8 Å². The van der Waals surface area contributed by atoms with Crippen molar-refractivity contribution in [2.45, 2.75) is 31.6 Å². The van der Waals surface area contributed by atoms with Crippen LogP contribution in [0.4, 0.5) is 17.5 Å². The summed E-state index contributed by atoms with van der Waals surface area (Å²) < 4.78 is 29.6. The number of amides is 1. The van der Waals surface area contributed by atoms with Gasteiger partial charge in [0.25, 0.3) is 10.0 Å². The number of anilines is 3. The fraction of sp³-hybridized carbons (Fsp3) is 0.280. The Balaban J connectivity index is 1.20. The fourth-order valence-electron chi connectivity index (χ4n) is 4.27. The molecule has 1 saturated heterocycles. The number of carbonyl (C=O) groups excluding carboxylic acids is 1. The average molecular weight is 534 g/mol. The minimum absolute atomic E-state index is 0.000374. The Morgan fingerprint density at radius 1 is 0.974 bits per heavy atom. The van der Waals surface area contributed by atoms with Crippen molar-refractivity contribution in [2.75, 3.05) is 28.0 Å². The summed E-state index contributed by atoms with van der Waals surface area (Å²) in [7, 11) is -3.87. The monoisotopic (exact) mass is 533 g/mol. The molecule has 196 valence electrons. The lowest BCUT2D eigenvalue weighted by atomic mass is 9.97. The first-order valence-electron chi connectivity index (χ1n) is 12.1. The van der Waals surface area contributed by atoms with Crippen molar-refractivity contribution in [3.8, 4) is 5.82 Å². The van der Waals surface area contributed by atoms with E-state index in [2.05, 4.69) is 40.1 Å². The molecule has 0 aliphatic carbocycles. The Kier molecular flexibility index (Phi) is 7.01. The Morgan fingerprint density at radius 2 is 1.74 bits per heavy atom. The minimum Gasteiger partial charge on any atom is -0.354 e. The van der Waals surface area contributed by atoms with Crippen LogP contribution in [0.1, 0.15) is 24.4 Å². The van der Waals surface area contributed by atoms with E-state index >= 15 is 0 Å². The number of aromatic nitrogens is 6. The zero-order valence-electron chi connectivity index (χ0n) is 20.9. The van der Waals surface area contributed by atoms with Gasteiger partial charge in [0.2, 0.25) is 11.9 Å². The van der Waals surface area contributed by atoms with Crippen molar-refractivity contribution in [1.29, 1.82) is 0 Å². The van der Waals surface area contributed by atoms with E-state index in [1.165, 1.54) is 18.3 Å². The molecule has 0 spiro atoms. The number of nitrogens with zero attached hydrogens (tertiary/aromatic N) is 7. The van der Waals surface area contributed by atoms with Gasteiger partial charge in [-0.25, -0.2) is 28.1 Å². The molecule has 12 nitrogen and oxygen atoms in total. The Labute approximate surface area is 220 Å². The second-order valence-corrected chi connectivity index (χ2v) is 10.7. The van der Waals surface area contributed by atoms with Gasteiger partial charge in [0, 0.05) is 43.1 Å². The number of benzene rings is 1. The largest absolute Gasteiger partial charge is 0.354 e. The summed E-state index contributed by atoms with van der Waals surface area (Å²) in [5.41, 5.74) is 1.16. The van der Waals surface area contributed by atoms with Crippen molar-refractivity contribution < 1.29 is 13.2 Å². The van der Waals surface area contributed by atoms with Crippen LogP contribution in [-0.2, 0) is 14.8 Å². The normalized spacial score (nSPS) is 15.7. The van der Waals surface area contributed by atoms with Crippen molar-refractivity contribution in [2.24, 2.45) is 5.92 Å². The summed E-state index contributed by atoms with van der Waals surface area (Å²) in [4.78, 5) is 27.3. The van der Waals surface area contributed by atoms with Gasteiger partial charge in [0.05, 0.1) is 10.8 Å². The van der Waals surface area contributed by atoms with Crippen LogP contribution < -0.4 is 14.9 Å². The molecule has 3 aromatic heterocycles. The molecule has 0 bridgehead atoms. The molecule has 1 aromatic carbocycles. The summed E-state index contributed by atoms with van der Waals surface area (Å²) in [6.07, 6.45) is 6.61. The smallest absolute Gasteiger partial charge is 0.264 e. The maximum Gasteiger partial charge on any atom is 0.264 e. The highest BCUT2D eigenvalue weighted by atomic mass is 32.2. The first kappa shape index (κ1) is 25.3. The van der Waals surface area contributed by atoms with E-state index in [1.54, 1.807) is 31.3 Å². The average Bonchev–Trinajstić information content (AvgIpc) is 3.34. The van der Waals surface area contributed by atoms with Gasteiger partial charge in [0.1, 0.15) is 5.82 Å². The number of imidazole rings is 1.